The molecular weight excluding hydrogens is 336 g/mol. The zero-order chi connectivity index (χ0) is 18.5. The number of rotatable bonds is 5. The Kier molecular flexibility index (Phi) is 5.73. The van der Waals surface area contributed by atoms with E-state index in [1.807, 2.05) is 42.5 Å². The molecule has 2 atom stereocenters. The molecule has 2 aromatic rings. The van der Waals surface area contributed by atoms with Crippen LogP contribution >= 0.6 is 0 Å². The summed E-state index contributed by atoms with van der Waals surface area (Å²) in [6.45, 7) is 2.85. The number of carbonyl (C=O) groups is 1. The molecule has 27 heavy (non-hydrogen) atoms. The first kappa shape index (κ1) is 18.1. The van der Waals surface area contributed by atoms with Crippen molar-refractivity contribution in [2.24, 2.45) is 0 Å². The van der Waals surface area contributed by atoms with Crippen molar-refractivity contribution in [2.45, 2.75) is 50.7 Å². The van der Waals surface area contributed by atoms with E-state index in [0.29, 0.717) is 5.92 Å². The number of nitrogens with zero attached hydrogens (tertiary/aromatic N) is 1. The Bertz CT molecular complexity index is 739. The van der Waals surface area contributed by atoms with Crippen molar-refractivity contribution in [3.05, 3.63) is 65.7 Å². The van der Waals surface area contributed by atoms with Crippen LogP contribution in [-0.2, 0) is 11.3 Å². The van der Waals surface area contributed by atoms with Crippen molar-refractivity contribution in [1.82, 2.24) is 4.90 Å². The highest BCUT2D eigenvalue weighted by Gasteiger charge is 2.31. The number of anilines is 1. The van der Waals surface area contributed by atoms with E-state index < -0.39 is 6.09 Å². The summed E-state index contributed by atoms with van der Waals surface area (Å²) in [5.74, 6) is 0.648. The number of amides is 1. The van der Waals surface area contributed by atoms with Gasteiger partial charge in [0.1, 0.15) is 6.61 Å². The van der Waals surface area contributed by atoms with Crippen molar-refractivity contribution in [2.75, 3.05) is 18.4 Å². The Labute approximate surface area is 161 Å². The van der Waals surface area contributed by atoms with Crippen LogP contribution in [0.25, 0.3) is 0 Å². The first-order valence-electron chi connectivity index (χ1n) is 10.1. The van der Waals surface area contributed by atoms with Crippen LogP contribution in [0.4, 0.5) is 10.5 Å². The van der Waals surface area contributed by atoms with Crippen LogP contribution in [0.2, 0.25) is 0 Å². The smallest absolute Gasteiger partial charge is 0.411 e. The lowest BCUT2D eigenvalue weighted by Crippen LogP contribution is -2.30. The predicted molar refractivity (Wildman–Crippen MR) is 108 cm³/mol. The fraction of sp³-hybridized carbons (Fsp3) is 0.435. The highest BCUT2D eigenvalue weighted by atomic mass is 16.5. The lowest BCUT2D eigenvalue weighted by Gasteiger charge is -2.23. The molecule has 2 unspecified atom stereocenters. The van der Waals surface area contributed by atoms with Crippen molar-refractivity contribution >= 4 is 11.8 Å². The van der Waals surface area contributed by atoms with Gasteiger partial charge in [0.25, 0.3) is 0 Å². The van der Waals surface area contributed by atoms with Gasteiger partial charge in [0, 0.05) is 11.7 Å². The highest BCUT2D eigenvalue weighted by molar-refractivity contribution is 5.84. The number of hydrogen-bond donors (Lipinski definition) is 1. The Hall–Kier alpha value is -2.33. The van der Waals surface area contributed by atoms with E-state index >= 15 is 0 Å². The molecule has 4 heteroatoms. The summed E-state index contributed by atoms with van der Waals surface area (Å²) >= 11 is 0. The second kappa shape index (κ2) is 8.57. The average Bonchev–Trinajstić information content (AvgIpc) is 3.39. The van der Waals surface area contributed by atoms with Crippen molar-refractivity contribution < 1.29 is 9.53 Å². The van der Waals surface area contributed by atoms with Gasteiger partial charge in [-0.25, -0.2) is 4.79 Å². The minimum absolute atomic E-state index is 0.282. The van der Waals surface area contributed by atoms with Crippen LogP contribution < -0.4 is 5.32 Å². The van der Waals surface area contributed by atoms with Gasteiger partial charge < -0.3 is 9.64 Å². The molecule has 1 heterocycles. The summed E-state index contributed by atoms with van der Waals surface area (Å²) in [5, 5.41) is 2.81. The van der Waals surface area contributed by atoms with Crippen molar-refractivity contribution in [3.8, 4) is 0 Å². The van der Waals surface area contributed by atoms with Crippen LogP contribution in [-0.4, -0.2) is 30.1 Å². The van der Waals surface area contributed by atoms with Gasteiger partial charge in [0.15, 0.2) is 0 Å². The van der Waals surface area contributed by atoms with Gasteiger partial charge in [0.2, 0.25) is 0 Å². The molecule has 4 rings (SSSR count). The summed E-state index contributed by atoms with van der Waals surface area (Å²) in [6, 6.07) is 18.8. The Morgan fingerprint density at radius 2 is 1.74 bits per heavy atom. The third kappa shape index (κ3) is 4.69. The molecule has 142 valence electrons. The van der Waals surface area contributed by atoms with Gasteiger partial charge in [0.05, 0.1) is 0 Å². The molecule has 0 bridgehead atoms. The monoisotopic (exact) mass is 364 g/mol. The third-order valence-corrected chi connectivity index (χ3v) is 5.90. The molecule has 0 aromatic heterocycles. The Morgan fingerprint density at radius 3 is 2.48 bits per heavy atom. The molecule has 1 aliphatic heterocycles. The summed E-state index contributed by atoms with van der Waals surface area (Å²) in [7, 11) is 0. The van der Waals surface area contributed by atoms with Gasteiger partial charge in [-0.2, -0.15) is 0 Å². The normalized spacial score (nSPS) is 22.7. The van der Waals surface area contributed by atoms with E-state index in [0.717, 1.165) is 17.3 Å². The van der Waals surface area contributed by atoms with E-state index in [2.05, 4.69) is 22.3 Å². The summed E-state index contributed by atoms with van der Waals surface area (Å²) in [4.78, 5) is 14.7. The Balaban J connectivity index is 1.27. The fourth-order valence-corrected chi connectivity index (χ4v) is 4.41. The standard InChI is InChI=1S/C23H28N2O2/c26-23(27-17-18-6-2-1-3-7-18)24-21-11-8-19(9-12-21)20-10-13-22(16-20)25-14-4-5-15-25/h1-3,6-9,11-12,20,22H,4-5,10,13-17H2,(H,24,26). The molecule has 1 aliphatic carbocycles. The number of benzene rings is 2. The van der Waals surface area contributed by atoms with Gasteiger partial charge in [-0.05, 0) is 74.4 Å². The lowest BCUT2D eigenvalue weighted by atomic mass is 9.97. The van der Waals surface area contributed by atoms with E-state index in [-0.39, 0.29) is 6.61 Å². The van der Waals surface area contributed by atoms with Crippen LogP contribution in [0.3, 0.4) is 0 Å². The largest absolute Gasteiger partial charge is 0.444 e. The topological polar surface area (TPSA) is 41.6 Å². The van der Waals surface area contributed by atoms with Crippen LogP contribution in [0, 0.1) is 0 Å². The predicted octanol–water partition coefficient (Wildman–Crippen LogP) is 5.17. The maximum Gasteiger partial charge on any atom is 0.411 e. The number of likely N-dealkylation sites (tertiary alicyclic amines) is 1. The van der Waals surface area contributed by atoms with Gasteiger partial charge >= 0.3 is 6.09 Å². The minimum Gasteiger partial charge on any atom is -0.444 e. The molecular formula is C23H28N2O2. The van der Waals surface area contributed by atoms with E-state index in [1.165, 1.54) is 50.8 Å². The van der Waals surface area contributed by atoms with Crippen molar-refractivity contribution in [1.29, 1.82) is 0 Å². The first-order chi connectivity index (χ1) is 13.3. The highest BCUT2D eigenvalue weighted by Crippen LogP contribution is 2.38. The molecule has 1 saturated carbocycles. The van der Waals surface area contributed by atoms with Gasteiger partial charge in [-0.3, -0.25) is 5.32 Å². The quantitative estimate of drug-likeness (QED) is 0.796. The first-order valence-corrected chi connectivity index (χ1v) is 10.1. The van der Waals surface area contributed by atoms with Gasteiger partial charge in [-0.15, -0.1) is 0 Å². The number of carbonyl (C=O) groups excluding carboxylic acids is 1. The second-order valence-corrected chi connectivity index (χ2v) is 7.72. The second-order valence-electron chi connectivity index (χ2n) is 7.72. The van der Waals surface area contributed by atoms with E-state index in [4.69, 9.17) is 4.74 Å². The average molecular weight is 364 g/mol. The summed E-state index contributed by atoms with van der Waals surface area (Å²) < 4.78 is 5.28. The lowest BCUT2D eigenvalue weighted by molar-refractivity contribution is 0.155. The van der Waals surface area contributed by atoms with Crippen LogP contribution in [0.1, 0.15) is 49.1 Å². The van der Waals surface area contributed by atoms with Gasteiger partial charge in [-0.1, -0.05) is 42.5 Å². The molecule has 1 N–H and O–H groups in total. The minimum atomic E-state index is -0.415. The molecule has 1 amide bonds. The van der Waals surface area contributed by atoms with Crippen molar-refractivity contribution in [3.63, 3.8) is 0 Å². The Morgan fingerprint density at radius 1 is 1.00 bits per heavy atom. The fourth-order valence-electron chi connectivity index (χ4n) is 4.41. The maximum atomic E-state index is 12.0. The summed E-state index contributed by atoms with van der Waals surface area (Å²) in [6.07, 6.45) is 6.17. The summed E-state index contributed by atoms with van der Waals surface area (Å²) in [5.41, 5.74) is 3.16. The van der Waals surface area contributed by atoms with Crippen LogP contribution in [0.5, 0.6) is 0 Å². The number of ether oxygens (including phenoxy) is 1. The number of hydrogen-bond acceptors (Lipinski definition) is 3. The molecule has 2 aliphatic rings. The molecule has 2 fully saturated rings. The molecule has 0 radical (unpaired) electrons. The SMILES string of the molecule is O=C(Nc1ccc(C2CCC(N3CCCC3)C2)cc1)OCc1ccccc1. The number of nitrogens with one attached hydrogen (secondary N) is 1. The maximum absolute atomic E-state index is 12.0. The third-order valence-electron chi connectivity index (χ3n) is 5.90. The van der Waals surface area contributed by atoms with E-state index in [9.17, 15) is 4.79 Å². The molecule has 0 spiro atoms. The van der Waals surface area contributed by atoms with E-state index in [1.54, 1.807) is 0 Å². The van der Waals surface area contributed by atoms with Crippen LogP contribution in [0.15, 0.2) is 54.6 Å². The molecule has 2 aromatic carbocycles. The zero-order valence-corrected chi connectivity index (χ0v) is 15.8. The molecule has 1 saturated heterocycles. The zero-order valence-electron chi connectivity index (χ0n) is 15.8. The molecule has 4 nitrogen and oxygen atoms in total.